The monoisotopic (exact) mass is 255 g/mol. The molecule has 1 heterocycles. The maximum atomic E-state index is 11.8. The van der Waals surface area contributed by atoms with E-state index in [1.165, 1.54) is 7.11 Å². The molecule has 1 atom stereocenters. The van der Waals surface area contributed by atoms with Crippen molar-refractivity contribution in [3.05, 3.63) is 0 Å². The van der Waals surface area contributed by atoms with Gasteiger partial charge in [0.05, 0.1) is 19.6 Å². The van der Waals surface area contributed by atoms with Crippen LogP contribution in [0.15, 0.2) is 0 Å². The zero-order valence-corrected chi connectivity index (χ0v) is 9.63. The maximum Gasteiger partial charge on any atom is 0.411 e. The zero-order chi connectivity index (χ0) is 12.9. The number of esters is 1. The van der Waals surface area contributed by atoms with Gasteiger partial charge < -0.3 is 14.4 Å². The first kappa shape index (κ1) is 14.2. The minimum absolute atomic E-state index is 0.0212. The molecule has 0 spiro atoms. The third kappa shape index (κ3) is 5.36. The topological polar surface area (TPSA) is 38.8 Å². The molecule has 1 aliphatic heterocycles. The molecule has 4 nitrogen and oxygen atoms in total. The molecule has 0 radical (unpaired) electrons. The molecule has 1 saturated heterocycles. The van der Waals surface area contributed by atoms with E-state index in [4.69, 9.17) is 0 Å². The van der Waals surface area contributed by atoms with Gasteiger partial charge in [-0.25, -0.2) is 0 Å². The first-order valence-corrected chi connectivity index (χ1v) is 5.37. The molecule has 17 heavy (non-hydrogen) atoms. The van der Waals surface area contributed by atoms with Crippen LogP contribution in [0.4, 0.5) is 13.2 Å². The lowest BCUT2D eigenvalue weighted by Gasteiger charge is -2.15. The number of hydrogen-bond acceptors (Lipinski definition) is 4. The van der Waals surface area contributed by atoms with E-state index in [2.05, 4.69) is 9.47 Å². The lowest BCUT2D eigenvalue weighted by atomic mass is 10.1. The average Bonchev–Trinajstić information content (AvgIpc) is 2.70. The second-order valence-corrected chi connectivity index (χ2v) is 3.98. The molecule has 1 rings (SSSR count). The third-order valence-electron chi connectivity index (χ3n) is 2.62. The molecule has 1 aliphatic rings. The number of halogens is 3. The summed E-state index contributed by atoms with van der Waals surface area (Å²) in [6.45, 7) is 0.426. The lowest BCUT2D eigenvalue weighted by Crippen LogP contribution is -2.28. The molecular weight excluding hydrogens is 239 g/mol. The van der Waals surface area contributed by atoms with E-state index in [-0.39, 0.29) is 18.5 Å². The average molecular weight is 255 g/mol. The lowest BCUT2D eigenvalue weighted by molar-refractivity contribution is -0.174. The second-order valence-electron chi connectivity index (χ2n) is 3.98. The molecule has 0 saturated carbocycles. The molecule has 1 fully saturated rings. The minimum atomic E-state index is -4.28. The van der Waals surface area contributed by atoms with Crippen molar-refractivity contribution >= 4 is 5.97 Å². The van der Waals surface area contributed by atoms with Crippen LogP contribution < -0.4 is 0 Å². The summed E-state index contributed by atoms with van der Waals surface area (Å²) in [5.41, 5.74) is 0. The summed E-state index contributed by atoms with van der Waals surface area (Å²) in [6, 6.07) is 0. The van der Waals surface area contributed by atoms with Crippen molar-refractivity contribution in [2.45, 2.75) is 12.6 Å². The van der Waals surface area contributed by atoms with Crippen LogP contribution in [0.5, 0.6) is 0 Å². The fourth-order valence-electron chi connectivity index (χ4n) is 1.78. The van der Waals surface area contributed by atoms with Gasteiger partial charge in [0.25, 0.3) is 0 Å². The van der Waals surface area contributed by atoms with Crippen LogP contribution in [0, 0.1) is 5.92 Å². The van der Waals surface area contributed by atoms with Crippen molar-refractivity contribution < 1.29 is 27.4 Å². The SMILES string of the molecule is COC(=O)C1CCN(CCOCC(F)(F)F)C1. The van der Waals surface area contributed by atoms with Gasteiger partial charge in [0.15, 0.2) is 0 Å². The van der Waals surface area contributed by atoms with Gasteiger partial charge in [-0.3, -0.25) is 4.79 Å². The normalized spacial score (nSPS) is 21.8. The molecule has 0 N–H and O–H groups in total. The largest absolute Gasteiger partial charge is 0.469 e. The van der Waals surface area contributed by atoms with Gasteiger partial charge in [-0.05, 0) is 13.0 Å². The van der Waals surface area contributed by atoms with Crippen LogP contribution in [0.3, 0.4) is 0 Å². The van der Waals surface area contributed by atoms with Gasteiger partial charge in [-0.1, -0.05) is 0 Å². The molecule has 0 aromatic rings. The summed E-state index contributed by atoms with van der Waals surface area (Å²) in [4.78, 5) is 13.1. The highest BCUT2D eigenvalue weighted by molar-refractivity contribution is 5.72. The number of alkyl halides is 3. The van der Waals surface area contributed by atoms with Gasteiger partial charge in [-0.15, -0.1) is 0 Å². The molecular formula is C10H16F3NO3. The maximum absolute atomic E-state index is 11.8. The molecule has 0 aromatic carbocycles. The van der Waals surface area contributed by atoms with E-state index in [1.54, 1.807) is 0 Å². The Morgan fingerprint density at radius 3 is 2.76 bits per heavy atom. The van der Waals surface area contributed by atoms with Crippen molar-refractivity contribution in [2.75, 3.05) is 40.0 Å². The van der Waals surface area contributed by atoms with E-state index in [1.807, 2.05) is 4.90 Å². The fourth-order valence-corrected chi connectivity index (χ4v) is 1.78. The second kappa shape index (κ2) is 6.20. The highest BCUT2D eigenvalue weighted by atomic mass is 19.4. The highest BCUT2D eigenvalue weighted by Crippen LogP contribution is 2.17. The Balaban J connectivity index is 2.12. The Morgan fingerprint density at radius 1 is 1.47 bits per heavy atom. The molecule has 0 aromatic heterocycles. The van der Waals surface area contributed by atoms with E-state index in [0.717, 1.165) is 0 Å². The first-order chi connectivity index (χ1) is 7.92. The van der Waals surface area contributed by atoms with Crippen molar-refractivity contribution in [2.24, 2.45) is 5.92 Å². The van der Waals surface area contributed by atoms with Crippen molar-refractivity contribution in [3.63, 3.8) is 0 Å². The minimum Gasteiger partial charge on any atom is -0.469 e. The van der Waals surface area contributed by atoms with Crippen molar-refractivity contribution in [3.8, 4) is 0 Å². The van der Waals surface area contributed by atoms with E-state index >= 15 is 0 Å². The Bertz CT molecular complexity index is 258. The van der Waals surface area contributed by atoms with Gasteiger partial charge in [0.2, 0.25) is 0 Å². The van der Waals surface area contributed by atoms with E-state index < -0.39 is 12.8 Å². The number of methoxy groups -OCH3 is 1. The van der Waals surface area contributed by atoms with E-state index in [0.29, 0.717) is 26.1 Å². The number of rotatable bonds is 5. The Labute approximate surface area is 97.7 Å². The first-order valence-electron chi connectivity index (χ1n) is 5.37. The Kier molecular flexibility index (Phi) is 5.20. The van der Waals surface area contributed by atoms with Gasteiger partial charge in [-0.2, -0.15) is 13.2 Å². The van der Waals surface area contributed by atoms with Gasteiger partial charge in [0.1, 0.15) is 6.61 Å². The molecule has 0 bridgehead atoms. The van der Waals surface area contributed by atoms with Crippen LogP contribution in [0.2, 0.25) is 0 Å². The van der Waals surface area contributed by atoms with Gasteiger partial charge in [0, 0.05) is 13.1 Å². The highest BCUT2D eigenvalue weighted by Gasteiger charge is 2.30. The zero-order valence-electron chi connectivity index (χ0n) is 9.63. The smallest absolute Gasteiger partial charge is 0.411 e. The predicted molar refractivity (Wildman–Crippen MR) is 53.4 cm³/mol. The summed E-state index contributed by atoms with van der Waals surface area (Å²) in [6.07, 6.45) is -3.59. The molecule has 0 amide bonds. The number of hydrogen-bond donors (Lipinski definition) is 0. The van der Waals surface area contributed by atoms with Crippen LogP contribution in [0.25, 0.3) is 0 Å². The Hall–Kier alpha value is -0.820. The van der Waals surface area contributed by atoms with E-state index in [9.17, 15) is 18.0 Å². The third-order valence-corrected chi connectivity index (χ3v) is 2.62. The number of carbonyl (C=O) groups excluding carboxylic acids is 1. The summed E-state index contributed by atoms with van der Waals surface area (Å²) < 4.78 is 44.4. The van der Waals surface area contributed by atoms with Crippen LogP contribution >= 0.6 is 0 Å². The van der Waals surface area contributed by atoms with Crippen molar-refractivity contribution in [1.82, 2.24) is 4.90 Å². The molecule has 0 aliphatic carbocycles. The summed E-state index contributed by atoms with van der Waals surface area (Å²) >= 11 is 0. The quantitative estimate of drug-likeness (QED) is 0.544. The van der Waals surface area contributed by atoms with Crippen molar-refractivity contribution in [1.29, 1.82) is 0 Å². The van der Waals surface area contributed by atoms with Crippen LogP contribution in [-0.4, -0.2) is 57.0 Å². The number of carbonyl (C=O) groups is 1. The van der Waals surface area contributed by atoms with Crippen LogP contribution in [0.1, 0.15) is 6.42 Å². The number of nitrogens with zero attached hydrogens (tertiary/aromatic N) is 1. The number of ether oxygens (including phenoxy) is 2. The summed E-state index contributed by atoms with van der Waals surface area (Å²) in [5, 5.41) is 0. The van der Waals surface area contributed by atoms with Crippen LogP contribution in [-0.2, 0) is 14.3 Å². The van der Waals surface area contributed by atoms with Gasteiger partial charge >= 0.3 is 12.1 Å². The summed E-state index contributed by atoms with van der Waals surface area (Å²) in [5.74, 6) is -0.425. The molecule has 100 valence electrons. The predicted octanol–water partition coefficient (Wildman–Crippen LogP) is 1.06. The summed E-state index contributed by atoms with van der Waals surface area (Å²) in [7, 11) is 1.33. The number of likely N-dealkylation sites (tertiary alicyclic amines) is 1. The fraction of sp³-hybridized carbons (Fsp3) is 0.900. The standard InChI is InChI=1S/C10H16F3NO3/c1-16-9(15)8-2-3-14(6-8)4-5-17-7-10(11,12)13/h8H,2-7H2,1H3. The Morgan fingerprint density at radius 2 is 2.18 bits per heavy atom. The molecule has 1 unspecified atom stereocenters. The molecule has 7 heteroatoms.